The molecule has 2 amide bonds. The first-order valence-electron chi connectivity index (χ1n) is 5.94. The van der Waals surface area contributed by atoms with E-state index in [9.17, 15) is 9.59 Å². The Kier molecular flexibility index (Phi) is 5.36. The van der Waals surface area contributed by atoms with Crippen LogP contribution in [-0.4, -0.2) is 11.8 Å². The normalized spacial score (nSPS) is 11.9. The lowest BCUT2D eigenvalue weighted by Gasteiger charge is -2.09. The van der Waals surface area contributed by atoms with E-state index in [1.54, 1.807) is 6.92 Å². The maximum Gasteiger partial charge on any atom is 0.224 e. The molecule has 1 aromatic rings. The van der Waals surface area contributed by atoms with Crippen LogP contribution in [0.3, 0.4) is 0 Å². The van der Waals surface area contributed by atoms with Gasteiger partial charge in [-0.1, -0.05) is 36.8 Å². The maximum absolute atomic E-state index is 11.6. The first-order chi connectivity index (χ1) is 8.47. The summed E-state index contributed by atoms with van der Waals surface area (Å²) in [6.07, 6.45) is 1.68. The van der Waals surface area contributed by atoms with Gasteiger partial charge < -0.3 is 11.1 Å². The summed E-state index contributed by atoms with van der Waals surface area (Å²) >= 11 is 0. The average molecular weight is 247 g/mol. The van der Waals surface area contributed by atoms with Gasteiger partial charge in [0.15, 0.2) is 0 Å². The Hall–Kier alpha value is -1.84. The molecule has 0 saturated carbocycles. The second-order valence-electron chi connectivity index (χ2n) is 4.52. The summed E-state index contributed by atoms with van der Waals surface area (Å²) in [4.78, 5) is 22.2. The molecule has 0 fully saturated rings. The molecule has 0 aliphatic carbocycles. The summed E-state index contributed by atoms with van der Waals surface area (Å²) in [7, 11) is 0. The number of carbonyl (C=O) groups excluding carboxylic acids is 2. The van der Waals surface area contributed by atoms with Crippen molar-refractivity contribution < 1.29 is 9.59 Å². The lowest BCUT2D eigenvalue weighted by atomic mass is 10.0. The molecule has 1 aromatic carbocycles. The molecular weight excluding hydrogens is 228 g/mol. The molecule has 1 rings (SSSR count). The first-order valence-corrected chi connectivity index (χ1v) is 5.94. The second-order valence-corrected chi connectivity index (χ2v) is 4.52. The third-order valence-electron chi connectivity index (χ3n) is 2.55. The summed E-state index contributed by atoms with van der Waals surface area (Å²) in [5, 5.41) is 2.78. The number of hydrogen-bond donors (Lipinski definition) is 2. The minimum Gasteiger partial charge on any atom is -0.370 e. The van der Waals surface area contributed by atoms with Crippen LogP contribution in [0.2, 0.25) is 0 Å². The zero-order valence-electron chi connectivity index (χ0n) is 10.8. The number of nitrogens with two attached hydrogens (primary N) is 1. The predicted octanol–water partition coefficient (Wildman–Crippen LogP) is 1.33. The van der Waals surface area contributed by atoms with Crippen LogP contribution in [0.15, 0.2) is 24.3 Å². The van der Waals surface area contributed by atoms with Gasteiger partial charge >= 0.3 is 0 Å². The van der Waals surface area contributed by atoms with Gasteiger partial charge in [0.1, 0.15) is 0 Å². The summed E-state index contributed by atoms with van der Waals surface area (Å²) in [5.41, 5.74) is 7.29. The molecule has 18 heavy (non-hydrogen) atoms. The van der Waals surface area contributed by atoms with E-state index in [0.717, 1.165) is 5.56 Å². The summed E-state index contributed by atoms with van der Waals surface area (Å²) in [6.45, 7) is 4.29. The van der Waals surface area contributed by atoms with E-state index in [0.29, 0.717) is 6.54 Å². The maximum atomic E-state index is 11.6. The highest BCUT2D eigenvalue weighted by atomic mass is 16.2. The molecule has 4 nitrogen and oxygen atoms in total. The van der Waals surface area contributed by atoms with Crippen LogP contribution >= 0.6 is 0 Å². The van der Waals surface area contributed by atoms with Crippen LogP contribution in [0.5, 0.6) is 0 Å². The van der Waals surface area contributed by atoms with Gasteiger partial charge in [-0.3, -0.25) is 9.59 Å². The van der Waals surface area contributed by atoms with Crippen LogP contribution in [0.4, 0.5) is 0 Å². The van der Waals surface area contributed by atoms with Crippen molar-refractivity contribution in [1.29, 1.82) is 0 Å². The van der Waals surface area contributed by atoms with Crippen LogP contribution in [0.25, 0.3) is 0 Å². The Morgan fingerprint density at radius 3 is 2.50 bits per heavy atom. The van der Waals surface area contributed by atoms with E-state index in [4.69, 9.17) is 5.73 Å². The summed E-state index contributed by atoms with van der Waals surface area (Å²) in [5.74, 6) is -0.713. The fourth-order valence-electron chi connectivity index (χ4n) is 1.59. The van der Waals surface area contributed by atoms with Gasteiger partial charge in [0.2, 0.25) is 11.8 Å². The highest BCUT2D eigenvalue weighted by Crippen LogP contribution is 2.06. The number of carbonyl (C=O) groups is 2. The van der Waals surface area contributed by atoms with Crippen molar-refractivity contribution in [3.05, 3.63) is 41.8 Å². The van der Waals surface area contributed by atoms with Gasteiger partial charge in [-0.15, -0.1) is 0 Å². The van der Waals surface area contributed by atoms with Gasteiger partial charge in [0, 0.05) is 13.0 Å². The molecule has 1 atom stereocenters. The summed E-state index contributed by atoms with van der Waals surface area (Å²) < 4.78 is 0. The minimum atomic E-state index is -0.398. The SMILES string of the molecule is Cc1ccc(CNC(=O)[CH]C(C)CC(N)=O)cc1. The van der Waals surface area contributed by atoms with Gasteiger partial charge in [0.05, 0.1) is 6.42 Å². The number of rotatable bonds is 6. The average Bonchev–Trinajstić information content (AvgIpc) is 2.27. The van der Waals surface area contributed by atoms with E-state index in [-0.39, 0.29) is 18.2 Å². The molecular formula is C14H19N2O2. The number of aryl methyl sites for hydroxylation is 1. The highest BCUT2D eigenvalue weighted by molar-refractivity contribution is 5.86. The molecule has 97 valence electrons. The number of nitrogens with one attached hydrogen (secondary N) is 1. The zero-order valence-corrected chi connectivity index (χ0v) is 10.8. The smallest absolute Gasteiger partial charge is 0.224 e. The first kappa shape index (κ1) is 14.2. The quantitative estimate of drug-likeness (QED) is 0.796. The Balaban J connectivity index is 2.32. The molecule has 4 heteroatoms. The molecule has 1 unspecified atom stereocenters. The van der Waals surface area contributed by atoms with E-state index in [2.05, 4.69) is 5.32 Å². The van der Waals surface area contributed by atoms with Crippen molar-refractivity contribution in [2.75, 3.05) is 0 Å². The van der Waals surface area contributed by atoms with Gasteiger partial charge in [-0.25, -0.2) is 0 Å². The molecule has 0 aliphatic rings. The van der Waals surface area contributed by atoms with Crippen molar-refractivity contribution in [2.45, 2.75) is 26.8 Å². The van der Waals surface area contributed by atoms with Crippen LogP contribution in [0, 0.1) is 19.3 Å². The second kappa shape index (κ2) is 6.79. The summed E-state index contributed by atoms with van der Waals surface area (Å²) in [6, 6.07) is 7.95. The zero-order chi connectivity index (χ0) is 13.5. The van der Waals surface area contributed by atoms with Gasteiger partial charge in [-0.05, 0) is 18.4 Å². The third kappa shape index (κ3) is 5.48. The fourth-order valence-corrected chi connectivity index (χ4v) is 1.59. The molecule has 0 heterocycles. The van der Waals surface area contributed by atoms with Crippen LogP contribution in [-0.2, 0) is 16.1 Å². The Morgan fingerprint density at radius 1 is 1.33 bits per heavy atom. The lowest BCUT2D eigenvalue weighted by Crippen LogP contribution is -2.26. The molecule has 0 aromatic heterocycles. The number of hydrogen-bond acceptors (Lipinski definition) is 2. The number of amides is 2. The Labute approximate surface area is 108 Å². The van der Waals surface area contributed by atoms with Crippen molar-refractivity contribution in [3.8, 4) is 0 Å². The molecule has 0 saturated heterocycles. The largest absolute Gasteiger partial charge is 0.370 e. The standard InChI is InChI=1S/C14H19N2O2/c1-10-3-5-12(6-4-10)9-16-14(18)8-11(2)7-13(15)17/h3-6,8,11H,7,9H2,1-2H3,(H2,15,17)(H,16,18). The highest BCUT2D eigenvalue weighted by Gasteiger charge is 2.11. The van der Waals surface area contributed by atoms with E-state index in [1.165, 1.54) is 12.0 Å². The monoisotopic (exact) mass is 247 g/mol. The Bertz CT molecular complexity index is 412. The van der Waals surface area contributed by atoms with E-state index < -0.39 is 5.91 Å². The topological polar surface area (TPSA) is 72.2 Å². The van der Waals surface area contributed by atoms with Crippen molar-refractivity contribution >= 4 is 11.8 Å². The molecule has 0 spiro atoms. The van der Waals surface area contributed by atoms with E-state index >= 15 is 0 Å². The number of primary amides is 1. The van der Waals surface area contributed by atoms with Gasteiger partial charge in [-0.2, -0.15) is 0 Å². The van der Waals surface area contributed by atoms with Crippen LogP contribution < -0.4 is 11.1 Å². The van der Waals surface area contributed by atoms with Crippen LogP contribution in [0.1, 0.15) is 24.5 Å². The van der Waals surface area contributed by atoms with E-state index in [1.807, 2.05) is 31.2 Å². The minimum absolute atomic E-state index is 0.138. The van der Waals surface area contributed by atoms with Crippen molar-refractivity contribution in [2.24, 2.45) is 11.7 Å². The van der Waals surface area contributed by atoms with Crippen molar-refractivity contribution in [3.63, 3.8) is 0 Å². The molecule has 0 aliphatic heterocycles. The molecule has 1 radical (unpaired) electrons. The molecule has 3 N–H and O–H groups in total. The Morgan fingerprint density at radius 2 is 1.94 bits per heavy atom. The number of benzene rings is 1. The van der Waals surface area contributed by atoms with Crippen molar-refractivity contribution in [1.82, 2.24) is 5.32 Å². The predicted molar refractivity (Wildman–Crippen MR) is 70.3 cm³/mol. The third-order valence-corrected chi connectivity index (χ3v) is 2.55. The lowest BCUT2D eigenvalue weighted by molar-refractivity contribution is -0.119. The molecule has 0 bridgehead atoms. The van der Waals surface area contributed by atoms with Gasteiger partial charge in [0.25, 0.3) is 0 Å². The fraction of sp³-hybridized carbons (Fsp3) is 0.357.